The van der Waals surface area contributed by atoms with Crippen LogP contribution >= 0.6 is 0 Å². The summed E-state index contributed by atoms with van der Waals surface area (Å²) in [5.41, 5.74) is -1.62. The Morgan fingerprint density at radius 1 is 1.20 bits per heavy atom. The number of carbonyl (C=O) groups excluding carboxylic acids is 1. The van der Waals surface area contributed by atoms with E-state index < -0.39 is 23.5 Å². The Bertz CT molecular complexity index is 489. The van der Waals surface area contributed by atoms with E-state index in [0.29, 0.717) is 25.1 Å². The molecule has 0 fully saturated rings. The van der Waals surface area contributed by atoms with E-state index in [2.05, 4.69) is 5.32 Å². The van der Waals surface area contributed by atoms with Crippen molar-refractivity contribution >= 4 is 5.91 Å². The van der Waals surface area contributed by atoms with Crippen molar-refractivity contribution in [3.8, 4) is 0 Å². The van der Waals surface area contributed by atoms with Crippen LogP contribution in [0.15, 0.2) is 18.2 Å². The summed E-state index contributed by atoms with van der Waals surface area (Å²) in [6, 6.07) is 2.22. The molecular weight excluding hydrogens is 274 g/mol. The van der Waals surface area contributed by atoms with E-state index in [1.54, 1.807) is 0 Å². The molecule has 0 radical (unpaired) electrons. The number of hydrogen-bond acceptors (Lipinski definition) is 1. The number of benzene rings is 1. The third kappa shape index (κ3) is 4.83. The van der Waals surface area contributed by atoms with E-state index in [4.69, 9.17) is 0 Å². The Labute approximate surface area is 115 Å². The number of amides is 1. The predicted octanol–water partition coefficient (Wildman–Crippen LogP) is 4.01. The Morgan fingerprint density at radius 3 is 2.30 bits per heavy atom. The summed E-state index contributed by atoms with van der Waals surface area (Å²) < 4.78 is 50.7. The average Bonchev–Trinajstić information content (AvgIpc) is 2.26. The average molecular weight is 291 g/mol. The fourth-order valence-electron chi connectivity index (χ4n) is 1.54. The van der Waals surface area contributed by atoms with Gasteiger partial charge in [-0.2, -0.15) is 13.2 Å². The third-order valence-electron chi connectivity index (χ3n) is 2.69. The van der Waals surface area contributed by atoms with E-state index in [0.717, 1.165) is 6.07 Å². The van der Waals surface area contributed by atoms with Gasteiger partial charge in [-0.1, -0.05) is 20.8 Å². The van der Waals surface area contributed by atoms with Crippen molar-refractivity contribution in [2.24, 2.45) is 5.41 Å². The van der Waals surface area contributed by atoms with Gasteiger partial charge in [0.25, 0.3) is 5.91 Å². The zero-order valence-corrected chi connectivity index (χ0v) is 11.6. The van der Waals surface area contributed by atoms with Crippen LogP contribution in [-0.2, 0) is 6.18 Å². The van der Waals surface area contributed by atoms with Crippen molar-refractivity contribution in [2.45, 2.75) is 33.4 Å². The van der Waals surface area contributed by atoms with Crippen molar-refractivity contribution in [1.29, 1.82) is 0 Å². The largest absolute Gasteiger partial charge is 0.419 e. The summed E-state index contributed by atoms with van der Waals surface area (Å²) in [7, 11) is 0. The minimum atomic E-state index is -4.81. The molecule has 0 aromatic heterocycles. The van der Waals surface area contributed by atoms with Gasteiger partial charge in [0.15, 0.2) is 0 Å². The highest BCUT2D eigenvalue weighted by Gasteiger charge is 2.34. The molecule has 0 bridgehead atoms. The lowest BCUT2D eigenvalue weighted by atomic mass is 9.92. The fraction of sp³-hybridized carbons (Fsp3) is 0.500. The van der Waals surface area contributed by atoms with Crippen LogP contribution in [-0.4, -0.2) is 12.5 Å². The Hall–Kier alpha value is -1.59. The highest BCUT2D eigenvalue weighted by atomic mass is 19.4. The summed E-state index contributed by atoms with van der Waals surface area (Å²) in [6.45, 7) is 6.30. The Morgan fingerprint density at radius 2 is 1.80 bits per heavy atom. The Kier molecular flexibility index (Phi) is 4.78. The lowest BCUT2D eigenvalue weighted by Crippen LogP contribution is -2.27. The first-order valence-corrected chi connectivity index (χ1v) is 6.16. The topological polar surface area (TPSA) is 29.1 Å². The molecule has 1 aromatic carbocycles. The van der Waals surface area contributed by atoms with E-state index in [1.807, 2.05) is 20.8 Å². The van der Waals surface area contributed by atoms with Crippen LogP contribution in [0.25, 0.3) is 0 Å². The van der Waals surface area contributed by atoms with Gasteiger partial charge in [0.1, 0.15) is 5.82 Å². The van der Waals surface area contributed by atoms with Gasteiger partial charge < -0.3 is 5.32 Å². The maximum atomic E-state index is 13.1. The second kappa shape index (κ2) is 5.81. The van der Waals surface area contributed by atoms with Crippen molar-refractivity contribution in [3.63, 3.8) is 0 Å². The summed E-state index contributed by atoms with van der Waals surface area (Å²) in [5, 5.41) is 2.52. The molecule has 1 N–H and O–H groups in total. The third-order valence-corrected chi connectivity index (χ3v) is 2.69. The fourth-order valence-corrected chi connectivity index (χ4v) is 1.54. The Balaban J connectivity index is 2.80. The summed E-state index contributed by atoms with van der Waals surface area (Å²) in [6.07, 6.45) is -4.13. The van der Waals surface area contributed by atoms with Gasteiger partial charge >= 0.3 is 6.18 Å². The van der Waals surface area contributed by atoms with Crippen LogP contribution in [0.4, 0.5) is 17.6 Å². The van der Waals surface area contributed by atoms with Gasteiger partial charge in [-0.3, -0.25) is 4.79 Å². The predicted molar refractivity (Wildman–Crippen MR) is 67.8 cm³/mol. The van der Waals surface area contributed by atoms with Crippen molar-refractivity contribution in [1.82, 2.24) is 5.32 Å². The van der Waals surface area contributed by atoms with Gasteiger partial charge in [0, 0.05) is 12.1 Å². The number of halogens is 4. The summed E-state index contributed by atoms with van der Waals surface area (Å²) in [4.78, 5) is 11.7. The molecule has 1 rings (SSSR count). The van der Waals surface area contributed by atoms with E-state index in [1.165, 1.54) is 0 Å². The van der Waals surface area contributed by atoms with Crippen LogP contribution in [0.1, 0.15) is 43.1 Å². The van der Waals surface area contributed by atoms with Gasteiger partial charge in [0.05, 0.1) is 5.56 Å². The van der Waals surface area contributed by atoms with Crippen LogP contribution in [0.2, 0.25) is 0 Å². The monoisotopic (exact) mass is 291 g/mol. The van der Waals surface area contributed by atoms with Crippen LogP contribution in [0.3, 0.4) is 0 Å². The van der Waals surface area contributed by atoms with Gasteiger partial charge in [-0.05, 0) is 30.0 Å². The molecule has 112 valence electrons. The molecule has 6 heteroatoms. The molecule has 2 nitrogen and oxygen atoms in total. The SMILES string of the molecule is CC(C)(C)CCNC(=O)c1ccc(F)c(C(F)(F)F)c1. The number of hydrogen-bond donors (Lipinski definition) is 1. The number of rotatable bonds is 3. The highest BCUT2D eigenvalue weighted by Crippen LogP contribution is 2.31. The molecular formula is C14H17F4NO. The van der Waals surface area contributed by atoms with Gasteiger partial charge in [0.2, 0.25) is 0 Å². The first-order valence-electron chi connectivity index (χ1n) is 6.16. The molecule has 0 aliphatic carbocycles. The van der Waals surface area contributed by atoms with E-state index in [9.17, 15) is 22.4 Å². The lowest BCUT2D eigenvalue weighted by molar-refractivity contribution is -0.140. The highest BCUT2D eigenvalue weighted by molar-refractivity contribution is 5.94. The van der Waals surface area contributed by atoms with Crippen LogP contribution < -0.4 is 5.32 Å². The molecule has 0 aliphatic heterocycles. The molecule has 0 aliphatic rings. The smallest absolute Gasteiger partial charge is 0.352 e. The normalized spacial score (nSPS) is 12.3. The zero-order chi connectivity index (χ0) is 15.6. The van der Waals surface area contributed by atoms with Crippen LogP contribution in [0, 0.1) is 11.2 Å². The molecule has 0 spiro atoms. The van der Waals surface area contributed by atoms with Crippen LogP contribution in [0.5, 0.6) is 0 Å². The first-order chi connectivity index (χ1) is 9.00. The number of alkyl halides is 3. The molecule has 0 atom stereocenters. The van der Waals surface area contributed by atoms with E-state index >= 15 is 0 Å². The standard InChI is InChI=1S/C14H17F4NO/c1-13(2,3)6-7-19-12(20)9-4-5-11(15)10(8-9)14(16,17)18/h4-5,8H,6-7H2,1-3H3,(H,19,20). The first kappa shape index (κ1) is 16.5. The van der Waals surface area contributed by atoms with E-state index in [-0.39, 0.29) is 11.0 Å². The zero-order valence-electron chi connectivity index (χ0n) is 11.6. The van der Waals surface area contributed by atoms with Gasteiger partial charge in [-0.25, -0.2) is 4.39 Å². The molecule has 0 saturated heterocycles. The lowest BCUT2D eigenvalue weighted by Gasteiger charge is -2.18. The van der Waals surface area contributed by atoms with Crippen molar-refractivity contribution in [2.75, 3.05) is 6.54 Å². The molecule has 20 heavy (non-hydrogen) atoms. The quantitative estimate of drug-likeness (QED) is 0.838. The maximum absolute atomic E-state index is 13.1. The second-order valence-electron chi connectivity index (χ2n) is 5.76. The minimum absolute atomic E-state index is 0.00715. The van der Waals surface area contributed by atoms with Gasteiger partial charge in [-0.15, -0.1) is 0 Å². The van der Waals surface area contributed by atoms with Crippen molar-refractivity contribution < 1.29 is 22.4 Å². The molecule has 1 amide bonds. The molecule has 0 unspecified atom stereocenters. The second-order valence-corrected chi connectivity index (χ2v) is 5.76. The number of carbonyl (C=O) groups is 1. The minimum Gasteiger partial charge on any atom is -0.352 e. The summed E-state index contributed by atoms with van der Waals surface area (Å²) in [5.74, 6) is -2.02. The van der Waals surface area contributed by atoms with Crippen molar-refractivity contribution in [3.05, 3.63) is 35.1 Å². The molecule has 0 saturated carbocycles. The molecule has 0 heterocycles. The summed E-state index contributed by atoms with van der Waals surface area (Å²) >= 11 is 0. The number of nitrogens with one attached hydrogen (secondary N) is 1. The maximum Gasteiger partial charge on any atom is 0.419 e. The molecule has 1 aromatic rings.